The molecular weight excluding hydrogens is 414 g/mol. The number of halogens is 2. The van der Waals surface area contributed by atoms with Crippen LogP contribution in [0, 0.1) is 0 Å². The average molecular weight is 436 g/mol. The van der Waals surface area contributed by atoms with E-state index in [1.165, 1.54) is 6.07 Å². The highest BCUT2D eigenvalue weighted by Gasteiger charge is 2.30. The van der Waals surface area contributed by atoms with Crippen LogP contribution in [0.2, 0.25) is 0 Å². The number of hydrogen-bond donors (Lipinski definition) is 4. The number of H-pyrrole nitrogens is 1. The molecule has 2 amide bonds. The number of amides is 2. The first-order chi connectivity index (χ1) is 15.0. The van der Waals surface area contributed by atoms with E-state index in [4.69, 9.17) is 4.74 Å². The Labute approximate surface area is 176 Å². The van der Waals surface area contributed by atoms with Gasteiger partial charge in [0, 0.05) is 42.9 Å². The molecular formula is C19H22F2N6O4. The molecule has 0 saturated heterocycles. The monoisotopic (exact) mass is 436 g/mol. The van der Waals surface area contributed by atoms with Crippen LogP contribution in [0.25, 0.3) is 0 Å². The van der Waals surface area contributed by atoms with Crippen molar-refractivity contribution in [1.82, 2.24) is 25.8 Å². The zero-order chi connectivity index (χ0) is 21.8. The van der Waals surface area contributed by atoms with Crippen LogP contribution in [-0.2, 0) is 4.74 Å². The van der Waals surface area contributed by atoms with E-state index in [0.717, 1.165) is 24.6 Å². The Hall–Kier alpha value is -3.44. The summed E-state index contributed by atoms with van der Waals surface area (Å²) in [5, 5.41) is 15.3. The summed E-state index contributed by atoms with van der Waals surface area (Å²) in [5.41, 5.74) is 0.761. The molecule has 3 heterocycles. The molecule has 0 aromatic carbocycles. The normalized spacial score (nSPS) is 21.9. The topological polar surface area (TPSA) is 130 Å². The second-order valence-electron chi connectivity index (χ2n) is 7.36. The third-order valence-electron chi connectivity index (χ3n) is 5.12. The zero-order valence-corrected chi connectivity index (χ0v) is 16.5. The Kier molecular flexibility index (Phi) is 6.14. The summed E-state index contributed by atoms with van der Waals surface area (Å²) >= 11 is 0. The summed E-state index contributed by atoms with van der Waals surface area (Å²) in [6.45, 7) is -2.49. The molecule has 0 unspecified atom stereocenters. The second kappa shape index (κ2) is 9.14. The number of alkyl halides is 2. The fourth-order valence-electron chi connectivity index (χ4n) is 3.69. The van der Waals surface area contributed by atoms with Crippen molar-refractivity contribution in [3.8, 4) is 5.75 Å². The number of aromatic nitrogens is 3. The number of carbonyl (C=O) groups is 2. The summed E-state index contributed by atoms with van der Waals surface area (Å²) in [7, 11) is 0. The molecule has 10 nitrogen and oxygen atoms in total. The van der Waals surface area contributed by atoms with Crippen LogP contribution in [0.15, 0.2) is 18.2 Å². The molecule has 2 aromatic rings. The van der Waals surface area contributed by atoms with Crippen LogP contribution in [0.5, 0.6) is 5.75 Å². The summed E-state index contributed by atoms with van der Waals surface area (Å²) in [4.78, 5) is 28.6. The van der Waals surface area contributed by atoms with Gasteiger partial charge in [0.25, 0.3) is 5.91 Å². The number of ether oxygens (including phenoxy) is 2. The van der Waals surface area contributed by atoms with Crippen molar-refractivity contribution >= 4 is 23.6 Å². The predicted molar refractivity (Wildman–Crippen MR) is 105 cm³/mol. The first kappa shape index (κ1) is 20.8. The van der Waals surface area contributed by atoms with Gasteiger partial charge in [-0.15, -0.1) is 0 Å². The zero-order valence-electron chi connectivity index (χ0n) is 16.5. The van der Waals surface area contributed by atoms with Crippen molar-refractivity contribution < 1.29 is 27.8 Å². The molecule has 2 aromatic heterocycles. The first-order valence-electron chi connectivity index (χ1n) is 9.98. The number of hydrogen-bond acceptors (Lipinski definition) is 7. The molecule has 166 valence electrons. The van der Waals surface area contributed by atoms with Gasteiger partial charge in [0.05, 0.1) is 0 Å². The maximum atomic E-state index is 12.7. The lowest BCUT2D eigenvalue weighted by atomic mass is 10.0. The van der Waals surface area contributed by atoms with E-state index in [9.17, 15) is 18.4 Å². The van der Waals surface area contributed by atoms with Gasteiger partial charge in [-0.1, -0.05) is 0 Å². The third-order valence-corrected chi connectivity index (χ3v) is 5.12. The van der Waals surface area contributed by atoms with Crippen molar-refractivity contribution in [2.24, 2.45) is 0 Å². The highest BCUT2D eigenvalue weighted by atomic mass is 19.3. The van der Waals surface area contributed by atoms with E-state index in [2.05, 4.69) is 35.9 Å². The minimum absolute atomic E-state index is 0.0940. The van der Waals surface area contributed by atoms with Crippen LogP contribution in [-0.4, -0.2) is 53.0 Å². The smallest absolute Gasteiger partial charge is 0.407 e. The molecule has 1 aliphatic heterocycles. The van der Waals surface area contributed by atoms with Gasteiger partial charge in [-0.3, -0.25) is 9.89 Å². The van der Waals surface area contributed by atoms with Gasteiger partial charge in [-0.05, 0) is 25.7 Å². The van der Waals surface area contributed by atoms with Crippen molar-refractivity contribution in [2.45, 2.75) is 44.3 Å². The fourth-order valence-corrected chi connectivity index (χ4v) is 3.69. The van der Waals surface area contributed by atoms with Gasteiger partial charge >= 0.3 is 12.7 Å². The van der Waals surface area contributed by atoms with E-state index < -0.39 is 18.6 Å². The lowest BCUT2D eigenvalue weighted by Gasteiger charge is -2.14. The van der Waals surface area contributed by atoms with Gasteiger partial charge in [-0.2, -0.15) is 13.9 Å². The predicted octanol–water partition coefficient (Wildman–Crippen LogP) is 2.65. The molecule has 31 heavy (non-hydrogen) atoms. The molecule has 2 atom stereocenters. The average Bonchev–Trinajstić information content (AvgIpc) is 3.35. The maximum absolute atomic E-state index is 12.7. The summed E-state index contributed by atoms with van der Waals surface area (Å²) in [5.74, 6) is -0.0748. The number of anilines is 2. The largest absolute Gasteiger partial charge is 0.446 e. The minimum atomic E-state index is -3.05. The highest BCUT2D eigenvalue weighted by Crippen LogP contribution is 2.36. The van der Waals surface area contributed by atoms with Crippen LogP contribution in [0.4, 0.5) is 25.2 Å². The lowest BCUT2D eigenvalue weighted by molar-refractivity contribution is -0.0498. The van der Waals surface area contributed by atoms with Gasteiger partial charge in [0.2, 0.25) is 0 Å². The van der Waals surface area contributed by atoms with Crippen molar-refractivity contribution in [3.05, 3.63) is 29.6 Å². The van der Waals surface area contributed by atoms with Crippen molar-refractivity contribution in [1.29, 1.82) is 0 Å². The number of alkyl carbamates (subject to hydrolysis) is 1. The van der Waals surface area contributed by atoms with Crippen LogP contribution in [0.3, 0.4) is 0 Å². The van der Waals surface area contributed by atoms with E-state index >= 15 is 0 Å². The fraction of sp³-hybridized carbons (Fsp3) is 0.474. The van der Waals surface area contributed by atoms with E-state index in [1.807, 2.05) is 0 Å². The summed E-state index contributed by atoms with van der Waals surface area (Å²) < 4.78 is 35.4. The molecule has 12 heteroatoms. The molecule has 6 bridgehead atoms. The quantitative estimate of drug-likeness (QED) is 0.569. The SMILES string of the molecule is O=C1NCCCNC(=O)c2cc(OC(F)F)cc(n2)Nc2cc([nH]n2)[C@H]2CC[C@H](C2)O1. The Balaban J connectivity index is 1.60. The summed E-state index contributed by atoms with van der Waals surface area (Å²) in [6, 6.07) is 4.18. The first-order valence-corrected chi connectivity index (χ1v) is 9.98. The molecule has 2 aliphatic rings. The molecule has 1 fully saturated rings. The lowest BCUT2D eigenvalue weighted by Crippen LogP contribution is -2.32. The van der Waals surface area contributed by atoms with Gasteiger partial charge in [-0.25, -0.2) is 9.78 Å². The Morgan fingerprint density at radius 3 is 2.77 bits per heavy atom. The van der Waals surface area contributed by atoms with Crippen LogP contribution in [0.1, 0.15) is 47.8 Å². The van der Waals surface area contributed by atoms with Gasteiger partial charge in [0.1, 0.15) is 23.4 Å². The Morgan fingerprint density at radius 1 is 1.10 bits per heavy atom. The Morgan fingerprint density at radius 2 is 1.94 bits per heavy atom. The van der Waals surface area contributed by atoms with Crippen molar-refractivity contribution in [3.63, 3.8) is 0 Å². The number of fused-ring (bicyclic) bond motifs is 7. The van der Waals surface area contributed by atoms with E-state index in [0.29, 0.717) is 25.2 Å². The third kappa shape index (κ3) is 5.38. The van der Waals surface area contributed by atoms with E-state index in [1.54, 1.807) is 6.07 Å². The number of nitrogens with zero attached hydrogens (tertiary/aromatic N) is 2. The molecule has 0 spiro atoms. The molecule has 1 aliphatic carbocycles. The summed E-state index contributed by atoms with van der Waals surface area (Å²) in [6.07, 6.45) is 2.03. The Bertz CT molecular complexity index is 953. The van der Waals surface area contributed by atoms with Crippen molar-refractivity contribution in [2.75, 3.05) is 18.4 Å². The van der Waals surface area contributed by atoms with Crippen LogP contribution < -0.4 is 20.7 Å². The number of nitrogens with one attached hydrogen (secondary N) is 4. The minimum Gasteiger partial charge on any atom is -0.446 e. The van der Waals surface area contributed by atoms with Gasteiger partial charge < -0.3 is 25.4 Å². The second-order valence-corrected chi connectivity index (χ2v) is 7.36. The maximum Gasteiger partial charge on any atom is 0.407 e. The standard InChI is InChI=1S/C19H22F2N6O4/c20-18(21)30-12-7-14-17(28)22-4-1-5-23-19(29)31-11-3-2-10(6-11)13-9-16(27-26-13)25-15(8-12)24-14/h7-11,18H,1-6H2,(H,22,28)(H,23,29)(H2,24,25,26,27)/t10-,11+/m0/s1. The number of aromatic amines is 1. The number of pyridine rings is 1. The highest BCUT2D eigenvalue weighted by molar-refractivity contribution is 5.93. The number of rotatable bonds is 2. The number of carbonyl (C=O) groups excluding carboxylic acids is 2. The van der Waals surface area contributed by atoms with Gasteiger partial charge in [0.15, 0.2) is 5.82 Å². The van der Waals surface area contributed by atoms with E-state index in [-0.39, 0.29) is 35.8 Å². The molecule has 4 N–H and O–H groups in total. The molecule has 1 saturated carbocycles. The van der Waals surface area contributed by atoms with Crippen LogP contribution >= 0.6 is 0 Å². The molecule has 4 rings (SSSR count). The molecule has 0 radical (unpaired) electrons.